The fraction of sp³-hybridized carbons (Fsp3) is 0.240. The molecule has 0 aliphatic heterocycles. The van der Waals surface area contributed by atoms with Crippen molar-refractivity contribution in [3.8, 4) is 0 Å². The quantitative estimate of drug-likeness (QED) is 0.317. The molecule has 0 fully saturated rings. The number of thioether (sulfide) groups is 1. The number of hydrogen-bond acceptors (Lipinski definition) is 4. The lowest BCUT2D eigenvalue weighted by Crippen LogP contribution is -2.35. The van der Waals surface area contributed by atoms with Gasteiger partial charge in [0.15, 0.2) is 0 Å². The summed E-state index contributed by atoms with van der Waals surface area (Å²) in [7, 11) is 0. The van der Waals surface area contributed by atoms with Gasteiger partial charge in [0.2, 0.25) is 11.8 Å². The molecule has 0 saturated carbocycles. The van der Waals surface area contributed by atoms with Crippen LogP contribution >= 0.6 is 23.4 Å². The lowest BCUT2D eigenvalue weighted by atomic mass is 9.83. The number of nitrogens with one attached hydrogen (secondary N) is 2. The zero-order chi connectivity index (χ0) is 23.1. The lowest BCUT2D eigenvalue weighted by Gasteiger charge is -2.24. The molecular formula is C25H26ClN3O2S. The van der Waals surface area contributed by atoms with Crippen LogP contribution in [0.5, 0.6) is 0 Å². The smallest absolute Gasteiger partial charge is 0.235 e. The van der Waals surface area contributed by atoms with Gasteiger partial charge in [-0.1, -0.05) is 48.9 Å². The summed E-state index contributed by atoms with van der Waals surface area (Å²) in [6, 6.07) is 20.4. The molecule has 0 atom stereocenters. The van der Waals surface area contributed by atoms with Crippen LogP contribution in [0.3, 0.4) is 0 Å². The Morgan fingerprint density at radius 2 is 1.66 bits per heavy atom. The van der Waals surface area contributed by atoms with Crippen LogP contribution in [0.15, 0.2) is 71.6 Å². The van der Waals surface area contributed by atoms with Gasteiger partial charge in [-0.25, -0.2) is 4.98 Å². The molecule has 2 amide bonds. The summed E-state index contributed by atoms with van der Waals surface area (Å²) in [6.45, 7) is 5.78. The number of nitrogens with zero attached hydrogens (tertiary/aromatic N) is 1. The van der Waals surface area contributed by atoms with E-state index in [1.807, 2.05) is 50.2 Å². The van der Waals surface area contributed by atoms with Gasteiger partial charge in [0.1, 0.15) is 11.0 Å². The minimum atomic E-state index is -0.801. The summed E-state index contributed by atoms with van der Waals surface area (Å²) in [5, 5.41) is 6.03. The Hall–Kier alpha value is -2.83. The highest BCUT2D eigenvalue weighted by molar-refractivity contribution is 7.99. The zero-order valence-corrected chi connectivity index (χ0v) is 19.9. The fourth-order valence-corrected chi connectivity index (χ4v) is 3.94. The van der Waals surface area contributed by atoms with Crippen molar-refractivity contribution < 1.29 is 9.59 Å². The van der Waals surface area contributed by atoms with Crippen molar-refractivity contribution in [2.75, 3.05) is 16.4 Å². The number of rotatable bonds is 8. The zero-order valence-electron chi connectivity index (χ0n) is 18.3. The predicted molar refractivity (Wildman–Crippen MR) is 133 cm³/mol. The molecule has 0 radical (unpaired) electrons. The van der Waals surface area contributed by atoms with Gasteiger partial charge in [-0.2, -0.15) is 0 Å². The molecule has 2 aromatic carbocycles. The van der Waals surface area contributed by atoms with Crippen LogP contribution in [0.2, 0.25) is 5.15 Å². The number of carbonyl (C=O) groups excluding carboxylic acids is 2. The topological polar surface area (TPSA) is 71.1 Å². The van der Waals surface area contributed by atoms with Crippen LogP contribution in [-0.4, -0.2) is 22.6 Å². The molecule has 7 heteroatoms. The fourth-order valence-electron chi connectivity index (χ4n) is 3.11. The first-order valence-corrected chi connectivity index (χ1v) is 11.7. The van der Waals surface area contributed by atoms with Crippen LogP contribution in [0.4, 0.5) is 11.5 Å². The predicted octanol–water partition coefficient (Wildman–Crippen LogP) is 5.94. The third-order valence-corrected chi connectivity index (χ3v) is 6.12. The van der Waals surface area contributed by atoms with Gasteiger partial charge in [0, 0.05) is 10.6 Å². The second-order valence-electron chi connectivity index (χ2n) is 7.80. The van der Waals surface area contributed by atoms with Crippen LogP contribution < -0.4 is 10.6 Å². The number of pyridine rings is 1. The van der Waals surface area contributed by atoms with E-state index < -0.39 is 5.41 Å². The van der Waals surface area contributed by atoms with Crippen molar-refractivity contribution in [1.82, 2.24) is 4.98 Å². The first kappa shape index (κ1) is 23.8. The van der Waals surface area contributed by atoms with Gasteiger partial charge in [-0.3, -0.25) is 9.59 Å². The van der Waals surface area contributed by atoms with Crippen molar-refractivity contribution in [3.05, 3.63) is 83.0 Å². The molecule has 1 heterocycles. The van der Waals surface area contributed by atoms with Gasteiger partial charge in [-0.05, 0) is 67.1 Å². The molecule has 3 rings (SSSR count). The number of anilines is 2. The summed E-state index contributed by atoms with van der Waals surface area (Å²) in [5.41, 5.74) is 1.67. The molecule has 166 valence electrons. The molecule has 0 spiro atoms. The Labute approximate surface area is 198 Å². The van der Waals surface area contributed by atoms with Crippen LogP contribution in [0.25, 0.3) is 0 Å². The summed E-state index contributed by atoms with van der Waals surface area (Å²) >= 11 is 7.66. The van der Waals surface area contributed by atoms with Crippen LogP contribution in [-0.2, 0) is 21.4 Å². The number of aromatic nitrogens is 1. The summed E-state index contributed by atoms with van der Waals surface area (Å²) in [4.78, 5) is 30.5. The SMILES string of the molecule is CCSc1ccc(CC(=O)Nc2ccc(C(C)(C)C(=O)Nc3cccc(Cl)n3)cc2)cc1. The summed E-state index contributed by atoms with van der Waals surface area (Å²) in [6.07, 6.45) is 0.305. The van der Waals surface area contributed by atoms with Gasteiger partial charge >= 0.3 is 0 Å². The van der Waals surface area contributed by atoms with Gasteiger partial charge in [0.25, 0.3) is 0 Å². The maximum Gasteiger partial charge on any atom is 0.235 e. The molecule has 32 heavy (non-hydrogen) atoms. The van der Waals surface area contributed by atoms with E-state index in [9.17, 15) is 9.59 Å². The normalized spacial score (nSPS) is 11.1. The Morgan fingerprint density at radius 3 is 2.28 bits per heavy atom. The van der Waals surface area contributed by atoms with Gasteiger partial charge in [0.05, 0.1) is 11.8 Å². The lowest BCUT2D eigenvalue weighted by molar-refractivity contribution is -0.120. The Morgan fingerprint density at radius 1 is 0.969 bits per heavy atom. The highest BCUT2D eigenvalue weighted by atomic mass is 35.5. The molecule has 1 aromatic heterocycles. The Kier molecular flexibility index (Phi) is 7.94. The number of halogens is 1. The highest BCUT2D eigenvalue weighted by Gasteiger charge is 2.30. The first-order chi connectivity index (χ1) is 15.3. The van der Waals surface area contributed by atoms with Crippen molar-refractivity contribution in [1.29, 1.82) is 0 Å². The Balaban J connectivity index is 1.60. The number of amides is 2. The average molecular weight is 468 g/mol. The molecule has 3 aromatic rings. The molecule has 0 aliphatic carbocycles. The van der Waals surface area contributed by atoms with E-state index in [2.05, 4.69) is 22.5 Å². The molecule has 5 nitrogen and oxygen atoms in total. The molecule has 2 N–H and O–H groups in total. The maximum absolute atomic E-state index is 12.8. The summed E-state index contributed by atoms with van der Waals surface area (Å²) in [5.74, 6) is 1.14. The minimum Gasteiger partial charge on any atom is -0.326 e. The van der Waals surface area contributed by atoms with Crippen molar-refractivity contribution in [2.45, 2.75) is 37.5 Å². The first-order valence-electron chi connectivity index (χ1n) is 10.3. The van der Waals surface area contributed by atoms with E-state index in [1.165, 1.54) is 4.90 Å². The van der Waals surface area contributed by atoms with E-state index in [0.717, 1.165) is 16.9 Å². The van der Waals surface area contributed by atoms with Gasteiger partial charge in [-0.15, -0.1) is 11.8 Å². The molecule has 0 aliphatic rings. The monoisotopic (exact) mass is 467 g/mol. The highest BCUT2D eigenvalue weighted by Crippen LogP contribution is 2.26. The molecule has 0 bridgehead atoms. The number of benzene rings is 2. The van der Waals surface area contributed by atoms with E-state index in [4.69, 9.17) is 11.6 Å². The van der Waals surface area contributed by atoms with E-state index in [1.54, 1.807) is 42.1 Å². The third-order valence-electron chi connectivity index (χ3n) is 5.01. The molecule has 0 unspecified atom stereocenters. The number of carbonyl (C=O) groups is 2. The van der Waals surface area contributed by atoms with E-state index in [-0.39, 0.29) is 11.8 Å². The van der Waals surface area contributed by atoms with Crippen LogP contribution in [0, 0.1) is 0 Å². The second-order valence-corrected chi connectivity index (χ2v) is 9.53. The third kappa shape index (κ3) is 6.34. The van der Waals surface area contributed by atoms with Gasteiger partial charge < -0.3 is 10.6 Å². The Bertz CT molecular complexity index is 1080. The van der Waals surface area contributed by atoms with Crippen molar-refractivity contribution in [3.63, 3.8) is 0 Å². The summed E-state index contributed by atoms with van der Waals surface area (Å²) < 4.78 is 0. The minimum absolute atomic E-state index is 0.0855. The second kappa shape index (κ2) is 10.7. The maximum atomic E-state index is 12.8. The van der Waals surface area contributed by atoms with E-state index >= 15 is 0 Å². The standard InChI is InChI=1S/C25H26ClN3O2S/c1-4-32-20-14-8-17(9-15-20)16-23(30)27-19-12-10-18(11-13-19)25(2,3)24(31)29-22-7-5-6-21(26)28-22/h5-15H,4,16H2,1-3H3,(H,27,30)(H,28,29,31). The number of hydrogen-bond donors (Lipinski definition) is 2. The van der Waals surface area contributed by atoms with Crippen LogP contribution in [0.1, 0.15) is 31.9 Å². The largest absolute Gasteiger partial charge is 0.326 e. The van der Waals surface area contributed by atoms with Crippen molar-refractivity contribution in [2.24, 2.45) is 0 Å². The van der Waals surface area contributed by atoms with E-state index in [0.29, 0.717) is 23.1 Å². The average Bonchev–Trinajstić information content (AvgIpc) is 2.75. The van der Waals surface area contributed by atoms with Crippen molar-refractivity contribution >= 4 is 46.7 Å². The molecular weight excluding hydrogens is 442 g/mol. The molecule has 0 saturated heterocycles.